The molecule has 1 fully saturated rings. The Kier molecular flexibility index (Phi) is 7.21. The maximum Gasteiger partial charge on any atom is 0.326 e. The summed E-state index contributed by atoms with van der Waals surface area (Å²) in [6.45, 7) is 1.36. The number of hydrogen-bond donors (Lipinski definition) is 3. The maximum absolute atomic E-state index is 11.7. The lowest BCUT2D eigenvalue weighted by Crippen LogP contribution is -2.48. The first kappa shape index (κ1) is 16.6. The third-order valence-corrected chi connectivity index (χ3v) is 3.72. The molecule has 1 unspecified atom stereocenters. The van der Waals surface area contributed by atoms with Crippen molar-refractivity contribution in [2.45, 2.75) is 25.3 Å². The van der Waals surface area contributed by atoms with Gasteiger partial charge in [0.2, 0.25) is 5.91 Å². The number of rotatable bonds is 7. The van der Waals surface area contributed by atoms with Gasteiger partial charge in [0, 0.05) is 13.1 Å². The number of amides is 3. The van der Waals surface area contributed by atoms with Crippen LogP contribution < -0.4 is 10.6 Å². The Morgan fingerprint density at radius 1 is 1.30 bits per heavy atom. The van der Waals surface area contributed by atoms with Crippen molar-refractivity contribution in [1.82, 2.24) is 15.5 Å². The molecule has 0 aromatic rings. The molecule has 0 bridgehead atoms. The summed E-state index contributed by atoms with van der Waals surface area (Å²) in [5.74, 6) is -0.557. The molecule has 0 aromatic carbocycles. The zero-order chi connectivity index (χ0) is 15.0. The third kappa shape index (κ3) is 5.68. The Bertz CT molecular complexity index is 359. The molecule has 20 heavy (non-hydrogen) atoms. The van der Waals surface area contributed by atoms with Crippen molar-refractivity contribution in [3.8, 4) is 0 Å². The van der Waals surface area contributed by atoms with Crippen LogP contribution in [-0.4, -0.2) is 65.6 Å². The average Bonchev–Trinajstić information content (AvgIpc) is 2.94. The average molecular weight is 303 g/mol. The van der Waals surface area contributed by atoms with E-state index in [0.29, 0.717) is 12.2 Å². The van der Waals surface area contributed by atoms with Gasteiger partial charge in [0.15, 0.2) is 0 Å². The Morgan fingerprint density at radius 2 is 1.95 bits per heavy atom. The second-order valence-corrected chi connectivity index (χ2v) is 5.57. The quantitative estimate of drug-likeness (QED) is 0.620. The Labute approximate surface area is 122 Å². The number of carbonyl (C=O) groups excluding carboxylic acids is 2. The molecule has 1 atom stereocenters. The summed E-state index contributed by atoms with van der Waals surface area (Å²) in [6, 6.07) is -1.55. The number of carboxylic acids is 1. The van der Waals surface area contributed by atoms with Crippen LogP contribution in [0.2, 0.25) is 0 Å². The van der Waals surface area contributed by atoms with E-state index < -0.39 is 18.0 Å². The number of nitrogens with one attached hydrogen (secondary N) is 2. The van der Waals surface area contributed by atoms with Gasteiger partial charge in [-0.1, -0.05) is 0 Å². The summed E-state index contributed by atoms with van der Waals surface area (Å²) >= 11 is 1.51. The van der Waals surface area contributed by atoms with Gasteiger partial charge in [-0.3, -0.25) is 4.79 Å². The SMILES string of the molecule is CSCCC(NC(=O)NCC(=O)N1CCCC1)C(=O)O. The molecule has 1 heterocycles. The number of hydrogen-bond acceptors (Lipinski definition) is 4. The highest BCUT2D eigenvalue weighted by Gasteiger charge is 2.21. The van der Waals surface area contributed by atoms with Gasteiger partial charge in [0.25, 0.3) is 0 Å². The molecule has 1 aliphatic rings. The van der Waals surface area contributed by atoms with Gasteiger partial charge in [0.1, 0.15) is 6.04 Å². The number of nitrogens with zero attached hydrogens (tertiary/aromatic N) is 1. The minimum absolute atomic E-state index is 0.0965. The molecule has 0 aromatic heterocycles. The maximum atomic E-state index is 11.7. The molecule has 0 aliphatic carbocycles. The van der Waals surface area contributed by atoms with E-state index in [1.54, 1.807) is 4.90 Å². The Hall–Kier alpha value is -1.44. The summed E-state index contributed by atoms with van der Waals surface area (Å²) in [5, 5.41) is 13.7. The van der Waals surface area contributed by atoms with E-state index in [0.717, 1.165) is 25.9 Å². The van der Waals surface area contributed by atoms with Gasteiger partial charge >= 0.3 is 12.0 Å². The van der Waals surface area contributed by atoms with Crippen molar-refractivity contribution in [2.24, 2.45) is 0 Å². The van der Waals surface area contributed by atoms with E-state index in [4.69, 9.17) is 5.11 Å². The molecular formula is C12H21N3O4S. The van der Waals surface area contributed by atoms with Gasteiger partial charge in [-0.15, -0.1) is 0 Å². The van der Waals surface area contributed by atoms with Crippen LogP contribution in [-0.2, 0) is 9.59 Å². The first-order valence-electron chi connectivity index (χ1n) is 6.58. The standard InChI is InChI=1S/C12H21N3O4S/c1-20-7-4-9(11(17)18)14-12(19)13-8-10(16)15-5-2-3-6-15/h9H,2-8H2,1H3,(H,17,18)(H2,13,14,19). The van der Waals surface area contributed by atoms with Crippen molar-refractivity contribution in [1.29, 1.82) is 0 Å². The van der Waals surface area contributed by atoms with Gasteiger partial charge in [-0.2, -0.15) is 11.8 Å². The van der Waals surface area contributed by atoms with Crippen LogP contribution in [0.25, 0.3) is 0 Å². The van der Waals surface area contributed by atoms with Gasteiger partial charge < -0.3 is 20.6 Å². The van der Waals surface area contributed by atoms with Crippen LogP contribution in [0.1, 0.15) is 19.3 Å². The largest absolute Gasteiger partial charge is 0.480 e. The zero-order valence-electron chi connectivity index (χ0n) is 11.6. The normalized spacial score (nSPS) is 15.8. The highest BCUT2D eigenvalue weighted by Crippen LogP contribution is 2.06. The van der Waals surface area contributed by atoms with Crippen molar-refractivity contribution in [3.05, 3.63) is 0 Å². The van der Waals surface area contributed by atoms with Crippen LogP contribution in [0.5, 0.6) is 0 Å². The van der Waals surface area contributed by atoms with Crippen LogP contribution in [0.3, 0.4) is 0 Å². The molecule has 0 saturated carbocycles. The van der Waals surface area contributed by atoms with E-state index in [9.17, 15) is 14.4 Å². The fourth-order valence-electron chi connectivity index (χ4n) is 1.94. The first-order chi connectivity index (χ1) is 9.54. The Morgan fingerprint density at radius 3 is 2.50 bits per heavy atom. The second kappa shape index (κ2) is 8.68. The highest BCUT2D eigenvalue weighted by molar-refractivity contribution is 7.98. The number of likely N-dealkylation sites (tertiary alicyclic amines) is 1. The molecule has 3 amide bonds. The second-order valence-electron chi connectivity index (χ2n) is 4.59. The molecular weight excluding hydrogens is 282 g/mol. The van der Waals surface area contributed by atoms with Gasteiger partial charge in [0.05, 0.1) is 6.54 Å². The molecule has 7 nitrogen and oxygen atoms in total. The van der Waals surface area contributed by atoms with E-state index >= 15 is 0 Å². The predicted octanol–water partition coefficient (Wildman–Crippen LogP) is 0.114. The molecule has 0 radical (unpaired) electrons. The number of urea groups is 1. The van der Waals surface area contributed by atoms with E-state index in [1.165, 1.54) is 11.8 Å². The lowest BCUT2D eigenvalue weighted by Gasteiger charge is -2.17. The zero-order valence-corrected chi connectivity index (χ0v) is 12.4. The summed E-state index contributed by atoms with van der Waals surface area (Å²) in [7, 11) is 0. The number of aliphatic carboxylic acids is 1. The smallest absolute Gasteiger partial charge is 0.326 e. The molecule has 1 rings (SSSR count). The van der Waals surface area contributed by atoms with Crippen molar-refractivity contribution < 1.29 is 19.5 Å². The van der Waals surface area contributed by atoms with Gasteiger partial charge in [-0.25, -0.2) is 9.59 Å². The van der Waals surface area contributed by atoms with Crippen LogP contribution in [0.4, 0.5) is 4.79 Å². The summed E-state index contributed by atoms with van der Waals surface area (Å²) in [4.78, 5) is 35.9. The number of carboxylic acid groups (broad SMARTS) is 1. The summed E-state index contributed by atoms with van der Waals surface area (Å²) in [6.07, 6.45) is 4.21. The molecule has 114 valence electrons. The van der Waals surface area contributed by atoms with Crippen LogP contribution in [0, 0.1) is 0 Å². The van der Waals surface area contributed by atoms with E-state index in [1.807, 2.05) is 6.26 Å². The lowest BCUT2D eigenvalue weighted by molar-refractivity contribution is -0.139. The molecule has 1 aliphatic heterocycles. The molecule has 8 heteroatoms. The monoisotopic (exact) mass is 303 g/mol. The molecule has 0 spiro atoms. The number of thioether (sulfide) groups is 1. The van der Waals surface area contributed by atoms with Crippen molar-refractivity contribution in [2.75, 3.05) is 31.6 Å². The first-order valence-corrected chi connectivity index (χ1v) is 7.98. The van der Waals surface area contributed by atoms with E-state index in [-0.39, 0.29) is 12.5 Å². The Balaban J connectivity index is 2.30. The van der Waals surface area contributed by atoms with Crippen molar-refractivity contribution in [3.63, 3.8) is 0 Å². The molecule has 3 N–H and O–H groups in total. The summed E-state index contributed by atoms with van der Waals surface area (Å²) < 4.78 is 0. The minimum atomic E-state index is -1.07. The van der Waals surface area contributed by atoms with Crippen LogP contribution >= 0.6 is 11.8 Å². The van der Waals surface area contributed by atoms with E-state index in [2.05, 4.69) is 10.6 Å². The number of carbonyl (C=O) groups is 3. The van der Waals surface area contributed by atoms with Gasteiger partial charge in [-0.05, 0) is 31.3 Å². The van der Waals surface area contributed by atoms with Crippen molar-refractivity contribution >= 4 is 29.7 Å². The predicted molar refractivity (Wildman–Crippen MR) is 76.8 cm³/mol. The molecule has 1 saturated heterocycles. The minimum Gasteiger partial charge on any atom is -0.480 e. The summed E-state index contributed by atoms with van der Waals surface area (Å²) in [5.41, 5.74) is 0. The lowest BCUT2D eigenvalue weighted by atomic mass is 10.2. The van der Waals surface area contributed by atoms with Crippen LogP contribution in [0.15, 0.2) is 0 Å². The fraction of sp³-hybridized carbons (Fsp3) is 0.750. The third-order valence-electron chi connectivity index (χ3n) is 3.07. The highest BCUT2D eigenvalue weighted by atomic mass is 32.2. The topological polar surface area (TPSA) is 98.7 Å². The fourth-order valence-corrected chi connectivity index (χ4v) is 2.41.